The molecule has 1 heterocycles. The Morgan fingerprint density at radius 2 is 1.85 bits per heavy atom. The SMILES string of the molecule is CN=C(NCc1ccc(N2CCCCC2=O)cc1)NCc1cc(OC)ccc1OC(F)F.I. The number of halogens is 3. The minimum absolute atomic E-state index is 0. The number of amides is 1. The zero-order valence-electron chi connectivity index (χ0n) is 18.6. The number of rotatable bonds is 8. The first-order chi connectivity index (χ1) is 15.5. The molecular weight excluding hydrogens is 545 g/mol. The van der Waals surface area contributed by atoms with Crippen molar-refractivity contribution in [1.82, 2.24) is 10.6 Å². The van der Waals surface area contributed by atoms with Gasteiger partial charge in [0.25, 0.3) is 0 Å². The zero-order valence-corrected chi connectivity index (χ0v) is 21.0. The molecule has 0 atom stereocenters. The Labute approximate surface area is 209 Å². The Morgan fingerprint density at radius 3 is 2.48 bits per heavy atom. The van der Waals surface area contributed by atoms with Gasteiger partial charge in [0.1, 0.15) is 11.5 Å². The number of aliphatic imine (C=N–C) groups is 1. The highest BCUT2D eigenvalue weighted by atomic mass is 127. The van der Waals surface area contributed by atoms with Crippen molar-refractivity contribution in [2.45, 2.75) is 39.0 Å². The Hall–Kier alpha value is -2.63. The first-order valence-corrected chi connectivity index (χ1v) is 10.5. The van der Waals surface area contributed by atoms with E-state index in [-0.39, 0.29) is 42.2 Å². The normalized spacial score (nSPS) is 14.0. The second-order valence-corrected chi connectivity index (χ2v) is 7.30. The fourth-order valence-corrected chi connectivity index (χ4v) is 3.49. The van der Waals surface area contributed by atoms with Crippen LogP contribution in [-0.2, 0) is 17.9 Å². The number of methoxy groups -OCH3 is 1. The number of nitrogens with one attached hydrogen (secondary N) is 2. The van der Waals surface area contributed by atoms with Crippen LogP contribution in [0.5, 0.6) is 11.5 Å². The van der Waals surface area contributed by atoms with Gasteiger partial charge < -0.3 is 25.0 Å². The molecule has 0 bridgehead atoms. The number of alkyl halides is 2. The van der Waals surface area contributed by atoms with E-state index in [4.69, 9.17) is 4.74 Å². The van der Waals surface area contributed by atoms with Gasteiger partial charge in [0.15, 0.2) is 5.96 Å². The van der Waals surface area contributed by atoms with Crippen molar-refractivity contribution in [3.63, 3.8) is 0 Å². The molecule has 2 aromatic rings. The molecule has 1 aliphatic rings. The van der Waals surface area contributed by atoms with Crippen molar-refractivity contribution in [3.05, 3.63) is 53.6 Å². The predicted molar refractivity (Wildman–Crippen MR) is 135 cm³/mol. The van der Waals surface area contributed by atoms with E-state index in [0.29, 0.717) is 30.2 Å². The minimum atomic E-state index is -2.91. The highest BCUT2D eigenvalue weighted by Gasteiger charge is 2.19. The molecule has 2 N–H and O–H groups in total. The molecule has 0 unspecified atom stereocenters. The van der Waals surface area contributed by atoms with Gasteiger partial charge in [0.2, 0.25) is 5.91 Å². The standard InChI is InChI=1S/C23H28F2N4O3.HI/c1-26-23(28-15-17-13-19(31-2)10-11-20(17)32-22(24)25)27-14-16-6-8-18(9-7-16)29-12-4-3-5-21(29)30;/h6-11,13,22H,3-5,12,14-15H2,1-2H3,(H2,26,27,28);1H. The number of anilines is 1. The lowest BCUT2D eigenvalue weighted by Crippen LogP contribution is -2.36. The minimum Gasteiger partial charge on any atom is -0.497 e. The van der Waals surface area contributed by atoms with Gasteiger partial charge in [0.05, 0.1) is 7.11 Å². The molecule has 1 aliphatic heterocycles. The third kappa shape index (κ3) is 7.72. The first kappa shape index (κ1) is 26.6. The molecule has 10 heteroatoms. The lowest BCUT2D eigenvalue weighted by atomic mass is 10.1. The molecule has 0 radical (unpaired) electrons. The molecular formula is C23H29F2IN4O3. The largest absolute Gasteiger partial charge is 0.497 e. The summed E-state index contributed by atoms with van der Waals surface area (Å²) in [5, 5.41) is 6.29. The maximum atomic E-state index is 12.7. The number of nitrogens with zero attached hydrogens (tertiary/aromatic N) is 2. The maximum Gasteiger partial charge on any atom is 0.387 e. The molecule has 33 heavy (non-hydrogen) atoms. The second kappa shape index (κ2) is 13.2. The Bertz CT molecular complexity index is 942. The molecule has 0 spiro atoms. The summed E-state index contributed by atoms with van der Waals surface area (Å²) in [4.78, 5) is 18.1. The van der Waals surface area contributed by atoms with E-state index >= 15 is 0 Å². The average Bonchev–Trinajstić information content (AvgIpc) is 2.80. The fourth-order valence-electron chi connectivity index (χ4n) is 3.49. The van der Waals surface area contributed by atoms with Crippen LogP contribution in [0, 0.1) is 0 Å². The van der Waals surface area contributed by atoms with Crippen LogP contribution in [0.3, 0.4) is 0 Å². The van der Waals surface area contributed by atoms with Crippen LogP contribution < -0.4 is 25.0 Å². The number of hydrogen-bond donors (Lipinski definition) is 2. The van der Waals surface area contributed by atoms with Crippen LogP contribution in [0.4, 0.5) is 14.5 Å². The summed E-state index contributed by atoms with van der Waals surface area (Å²) in [6, 6.07) is 12.5. The van der Waals surface area contributed by atoms with E-state index < -0.39 is 6.61 Å². The molecule has 1 fully saturated rings. The van der Waals surface area contributed by atoms with Crippen LogP contribution in [0.15, 0.2) is 47.5 Å². The molecule has 0 saturated carbocycles. The first-order valence-electron chi connectivity index (χ1n) is 10.5. The molecule has 0 aromatic heterocycles. The molecule has 1 saturated heterocycles. The Balaban J connectivity index is 0.00000385. The van der Waals surface area contributed by atoms with Gasteiger partial charge in [-0.25, -0.2) is 0 Å². The monoisotopic (exact) mass is 574 g/mol. The summed E-state index contributed by atoms with van der Waals surface area (Å²) in [7, 11) is 3.13. The smallest absolute Gasteiger partial charge is 0.387 e. The van der Waals surface area contributed by atoms with Crippen LogP contribution in [0.2, 0.25) is 0 Å². The van der Waals surface area contributed by atoms with Crippen LogP contribution in [0.1, 0.15) is 30.4 Å². The number of benzene rings is 2. The van der Waals surface area contributed by atoms with Crippen molar-refractivity contribution in [3.8, 4) is 11.5 Å². The van der Waals surface area contributed by atoms with Crippen LogP contribution in [0.25, 0.3) is 0 Å². The zero-order chi connectivity index (χ0) is 22.9. The van der Waals surface area contributed by atoms with Crippen molar-refractivity contribution < 1.29 is 23.0 Å². The van der Waals surface area contributed by atoms with Gasteiger partial charge in [-0.3, -0.25) is 9.79 Å². The third-order valence-corrected chi connectivity index (χ3v) is 5.18. The fraction of sp³-hybridized carbons (Fsp3) is 0.391. The predicted octanol–water partition coefficient (Wildman–Crippen LogP) is 4.30. The summed E-state index contributed by atoms with van der Waals surface area (Å²) < 4.78 is 35.2. The number of ether oxygens (including phenoxy) is 2. The van der Waals surface area contributed by atoms with E-state index in [2.05, 4.69) is 20.4 Å². The number of hydrogen-bond acceptors (Lipinski definition) is 4. The highest BCUT2D eigenvalue weighted by molar-refractivity contribution is 14.0. The lowest BCUT2D eigenvalue weighted by Gasteiger charge is -2.26. The Kier molecular flexibility index (Phi) is 10.6. The second-order valence-electron chi connectivity index (χ2n) is 7.30. The van der Waals surface area contributed by atoms with Crippen molar-refractivity contribution in [1.29, 1.82) is 0 Å². The van der Waals surface area contributed by atoms with Crippen LogP contribution >= 0.6 is 24.0 Å². The van der Waals surface area contributed by atoms with Gasteiger partial charge >= 0.3 is 6.61 Å². The summed E-state index contributed by atoms with van der Waals surface area (Å²) in [6.07, 6.45) is 2.58. The Morgan fingerprint density at radius 1 is 1.12 bits per heavy atom. The van der Waals surface area contributed by atoms with Crippen molar-refractivity contribution >= 4 is 41.5 Å². The number of carbonyl (C=O) groups is 1. The molecule has 7 nitrogen and oxygen atoms in total. The summed E-state index contributed by atoms with van der Waals surface area (Å²) in [6.45, 7) is -1.43. The summed E-state index contributed by atoms with van der Waals surface area (Å²) in [5.74, 6) is 1.29. The third-order valence-electron chi connectivity index (χ3n) is 5.18. The van der Waals surface area contributed by atoms with Gasteiger partial charge in [0, 0.05) is 44.4 Å². The van der Waals surface area contributed by atoms with Crippen LogP contribution in [-0.4, -0.2) is 39.2 Å². The number of piperidine rings is 1. The van der Waals surface area contributed by atoms with E-state index in [9.17, 15) is 13.6 Å². The van der Waals surface area contributed by atoms with E-state index in [0.717, 1.165) is 30.6 Å². The topological polar surface area (TPSA) is 75.2 Å². The molecule has 1 amide bonds. The summed E-state index contributed by atoms with van der Waals surface area (Å²) >= 11 is 0. The van der Waals surface area contributed by atoms with E-state index in [1.165, 1.54) is 13.2 Å². The average molecular weight is 574 g/mol. The van der Waals surface area contributed by atoms with E-state index in [1.807, 2.05) is 29.2 Å². The lowest BCUT2D eigenvalue weighted by molar-refractivity contribution is -0.119. The van der Waals surface area contributed by atoms with Gasteiger partial charge in [-0.05, 0) is 48.7 Å². The number of carbonyl (C=O) groups excluding carboxylic acids is 1. The van der Waals surface area contributed by atoms with Gasteiger partial charge in [-0.1, -0.05) is 12.1 Å². The number of guanidine groups is 1. The molecule has 180 valence electrons. The van der Waals surface area contributed by atoms with Gasteiger partial charge in [-0.2, -0.15) is 8.78 Å². The van der Waals surface area contributed by atoms with Crippen molar-refractivity contribution in [2.24, 2.45) is 4.99 Å². The maximum absolute atomic E-state index is 12.7. The highest BCUT2D eigenvalue weighted by Crippen LogP contribution is 2.25. The summed E-state index contributed by atoms with van der Waals surface area (Å²) in [5.41, 5.74) is 2.44. The van der Waals surface area contributed by atoms with Gasteiger partial charge in [-0.15, -0.1) is 24.0 Å². The quantitative estimate of drug-likeness (QED) is 0.280. The van der Waals surface area contributed by atoms with Crippen molar-refractivity contribution in [2.75, 3.05) is 25.6 Å². The molecule has 0 aliphatic carbocycles. The van der Waals surface area contributed by atoms with E-state index in [1.54, 1.807) is 19.2 Å². The molecule has 3 rings (SSSR count). The molecule has 2 aromatic carbocycles.